The highest BCUT2D eigenvalue weighted by atomic mass is 79.9. The first-order valence-electron chi connectivity index (χ1n) is 7.77. The van der Waals surface area contributed by atoms with Crippen molar-refractivity contribution in [3.8, 4) is 0 Å². The van der Waals surface area contributed by atoms with Gasteiger partial charge in [0.05, 0.1) is 10.2 Å². The molecule has 0 bridgehead atoms. The fourth-order valence-corrected chi connectivity index (χ4v) is 4.40. The molecule has 0 aliphatic carbocycles. The Morgan fingerprint density at radius 1 is 1.27 bits per heavy atom. The van der Waals surface area contributed by atoms with Gasteiger partial charge in [-0.25, -0.2) is 4.98 Å². The number of halogens is 2. The van der Waals surface area contributed by atoms with E-state index in [0.717, 1.165) is 31.2 Å². The molecule has 4 nitrogen and oxygen atoms in total. The van der Waals surface area contributed by atoms with E-state index in [1.807, 2.05) is 55.9 Å². The summed E-state index contributed by atoms with van der Waals surface area (Å²) < 4.78 is 2.08. The maximum atomic E-state index is 12.8. The Kier molecular flexibility index (Phi) is 7.79. The zero-order chi connectivity index (χ0) is 17.8. The molecule has 8 heteroatoms. The average Bonchev–Trinajstić information content (AvgIpc) is 3.21. The lowest BCUT2D eigenvalue weighted by atomic mass is 10.3. The normalized spacial score (nSPS) is 11.2. The van der Waals surface area contributed by atoms with E-state index >= 15 is 0 Å². The van der Waals surface area contributed by atoms with Crippen LogP contribution in [-0.2, 0) is 4.79 Å². The van der Waals surface area contributed by atoms with E-state index < -0.39 is 0 Å². The van der Waals surface area contributed by atoms with E-state index in [2.05, 4.69) is 25.8 Å². The first-order chi connectivity index (χ1) is 12.0. The van der Waals surface area contributed by atoms with Crippen molar-refractivity contribution in [2.75, 3.05) is 32.1 Å². The zero-order valence-electron chi connectivity index (χ0n) is 14.4. The molecule has 138 valence electrons. The van der Waals surface area contributed by atoms with Crippen molar-refractivity contribution >= 4 is 65.9 Å². The van der Waals surface area contributed by atoms with E-state index in [4.69, 9.17) is 0 Å². The van der Waals surface area contributed by atoms with Gasteiger partial charge in [-0.15, -0.1) is 11.3 Å². The van der Waals surface area contributed by atoms with Gasteiger partial charge < -0.3 is 17.3 Å². The van der Waals surface area contributed by atoms with Crippen molar-refractivity contribution in [2.24, 2.45) is 0 Å². The molecule has 0 aliphatic rings. The molecule has 0 atom stereocenters. The number of amides is 1. The van der Waals surface area contributed by atoms with E-state index in [9.17, 15) is 4.79 Å². The quantitative estimate of drug-likeness (QED) is 0.514. The van der Waals surface area contributed by atoms with E-state index in [-0.39, 0.29) is 18.3 Å². The molecule has 2 aromatic heterocycles. The summed E-state index contributed by atoms with van der Waals surface area (Å²) in [6, 6.07) is 9.94. The van der Waals surface area contributed by atoms with Gasteiger partial charge in [-0.2, -0.15) is 0 Å². The van der Waals surface area contributed by atoms with Gasteiger partial charge in [0.15, 0.2) is 5.13 Å². The van der Waals surface area contributed by atoms with Crippen molar-refractivity contribution in [3.63, 3.8) is 0 Å². The minimum Gasteiger partial charge on any atom is -1.00 e. The van der Waals surface area contributed by atoms with Gasteiger partial charge in [-0.05, 0) is 49.8 Å². The molecule has 1 amide bonds. The second-order valence-electron chi connectivity index (χ2n) is 5.75. The maximum Gasteiger partial charge on any atom is 0.252 e. The van der Waals surface area contributed by atoms with Crippen LogP contribution in [0.25, 0.3) is 16.3 Å². The lowest BCUT2D eigenvalue weighted by molar-refractivity contribution is -0.114. The van der Waals surface area contributed by atoms with Crippen molar-refractivity contribution in [3.05, 3.63) is 51.1 Å². The van der Waals surface area contributed by atoms with E-state index in [1.54, 1.807) is 22.3 Å². The van der Waals surface area contributed by atoms with Gasteiger partial charge in [-0.1, -0.05) is 33.3 Å². The fraction of sp³-hybridized carbons (Fsp3) is 0.222. The Morgan fingerprint density at radius 2 is 2.08 bits per heavy atom. The molecular weight excluding hydrogens is 454 g/mol. The van der Waals surface area contributed by atoms with Crippen LogP contribution >= 0.6 is 38.6 Å². The highest BCUT2D eigenvalue weighted by Gasteiger charge is 2.18. The summed E-state index contributed by atoms with van der Waals surface area (Å²) >= 11 is 6.64. The molecule has 3 aromatic rings. The number of anilines is 1. The lowest BCUT2D eigenvalue weighted by Gasteiger charge is -2.20. The minimum absolute atomic E-state index is 0. The molecule has 0 spiro atoms. The number of likely N-dealkylation sites (N-methyl/N-ethyl adjacent to an activating group) is 1. The van der Waals surface area contributed by atoms with Gasteiger partial charge in [0.1, 0.15) is 0 Å². The summed E-state index contributed by atoms with van der Waals surface area (Å²) in [4.78, 5) is 22.3. The predicted octanol–water partition coefficient (Wildman–Crippen LogP) is 1.73. The fourth-order valence-electron chi connectivity index (χ4n) is 2.23. The molecule has 0 N–H and O–H groups in total. The van der Waals surface area contributed by atoms with Crippen LogP contribution in [0.2, 0.25) is 0 Å². The van der Waals surface area contributed by atoms with Crippen molar-refractivity contribution in [1.82, 2.24) is 9.88 Å². The summed E-state index contributed by atoms with van der Waals surface area (Å²) in [5.74, 6) is -0.0478. The van der Waals surface area contributed by atoms with Crippen LogP contribution < -0.4 is 17.3 Å². The third kappa shape index (κ3) is 5.37. The number of nitrogens with zero attached hydrogens (tertiary/aromatic N) is 3. The Hall–Kier alpha value is -1.25. The molecule has 0 fully saturated rings. The van der Waals surface area contributed by atoms with Crippen LogP contribution in [0.5, 0.6) is 0 Å². The number of thiophene rings is 1. The largest absolute Gasteiger partial charge is 1.00 e. The predicted molar refractivity (Wildman–Crippen MR) is 112 cm³/mol. The summed E-state index contributed by atoms with van der Waals surface area (Å²) in [6.07, 6.45) is 3.49. The number of rotatable bonds is 6. The molecule has 0 saturated heterocycles. The Morgan fingerprint density at radius 3 is 2.77 bits per heavy atom. The summed E-state index contributed by atoms with van der Waals surface area (Å²) in [7, 11) is 4.00. The maximum absolute atomic E-state index is 12.8. The highest BCUT2D eigenvalue weighted by Crippen LogP contribution is 2.31. The van der Waals surface area contributed by atoms with Crippen molar-refractivity contribution in [1.29, 1.82) is 0 Å². The number of fused-ring (bicyclic) bond motifs is 1. The monoisotopic (exact) mass is 470 g/mol. The Balaban J connectivity index is 0.00000243. The number of hydrogen-bond acceptors (Lipinski definition) is 5. The Bertz CT molecular complexity index is 893. The summed E-state index contributed by atoms with van der Waals surface area (Å²) in [5.41, 5.74) is 0.910. The van der Waals surface area contributed by atoms with Crippen LogP contribution in [0.3, 0.4) is 0 Å². The first-order valence-corrected chi connectivity index (χ1v) is 10.3. The molecule has 0 radical (unpaired) electrons. The molecule has 3 rings (SSSR count). The number of hydrogen-bond donors (Lipinski definition) is 0. The third-order valence-electron chi connectivity index (χ3n) is 3.54. The van der Waals surface area contributed by atoms with Crippen LogP contribution in [0.1, 0.15) is 4.88 Å². The molecule has 1 aromatic carbocycles. The van der Waals surface area contributed by atoms with E-state index in [0.29, 0.717) is 6.54 Å². The van der Waals surface area contributed by atoms with Crippen molar-refractivity contribution in [2.45, 2.75) is 0 Å². The molecule has 0 unspecified atom stereocenters. The van der Waals surface area contributed by atoms with Gasteiger partial charge in [0, 0.05) is 28.5 Å². The molecule has 0 saturated carbocycles. The van der Waals surface area contributed by atoms with Crippen LogP contribution in [0.15, 0.2) is 46.3 Å². The smallest absolute Gasteiger partial charge is 0.252 e. The zero-order valence-corrected chi connectivity index (χ0v) is 18.3. The average molecular weight is 472 g/mol. The second-order valence-corrected chi connectivity index (χ2v) is 8.65. The molecular formula is C18H18BrClN3OS2-. The molecule has 26 heavy (non-hydrogen) atoms. The minimum atomic E-state index is -0.0478. The number of carbonyl (C=O) groups is 1. The van der Waals surface area contributed by atoms with Gasteiger partial charge in [-0.3, -0.25) is 9.69 Å². The number of carbonyl (C=O) groups excluding carboxylic acids is 1. The SMILES string of the molecule is CN(C)CCN(C(=O)/C=C/c1cccs1)c1nc2ccc(Br)cc2s1.[Cl-]. The highest BCUT2D eigenvalue weighted by molar-refractivity contribution is 9.10. The second kappa shape index (κ2) is 9.62. The standard InChI is InChI=1S/C18H18BrN3OS2.ClH/c1-21(2)9-10-22(17(23)8-6-14-4-3-11-24-14)18-20-15-7-5-13(19)12-16(15)25-18;/h3-8,11-12H,9-10H2,1-2H3;1H/p-1/b8-6+;. The Labute approximate surface area is 175 Å². The van der Waals surface area contributed by atoms with Crippen LogP contribution in [0.4, 0.5) is 5.13 Å². The van der Waals surface area contributed by atoms with Crippen molar-refractivity contribution < 1.29 is 17.2 Å². The van der Waals surface area contributed by atoms with Gasteiger partial charge in [0.2, 0.25) is 0 Å². The van der Waals surface area contributed by atoms with Gasteiger partial charge in [0.25, 0.3) is 5.91 Å². The summed E-state index contributed by atoms with van der Waals surface area (Å²) in [5, 5.41) is 2.73. The van der Waals surface area contributed by atoms with Crippen LogP contribution in [0, 0.1) is 0 Å². The first kappa shape index (κ1) is 21.1. The number of aromatic nitrogens is 1. The third-order valence-corrected chi connectivity index (χ3v) is 5.91. The van der Waals surface area contributed by atoms with Gasteiger partial charge >= 0.3 is 0 Å². The lowest BCUT2D eigenvalue weighted by Crippen LogP contribution is -3.00. The number of thiazole rings is 1. The van der Waals surface area contributed by atoms with E-state index in [1.165, 1.54) is 11.3 Å². The number of benzene rings is 1. The van der Waals surface area contributed by atoms with Crippen LogP contribution in [-0.4, -0.2) is 43.0 Å². The molecule has 0 aliphatic heterocycles. The summed E-state index contributed by atoms with van der Waals surface area (Å²) in [6.45, 7) is 1.37. The molecule has 2 heterocycles. The topological polar surface area (TPSA) is 36.4 Å².